The minimum Gasteiger partial charge on any atom is -0.330 e. The van der Waals surface area contributed by atoms with Crippen molar-refractivity contribution in [1.82, 2.24) is 4.98 Å². The molecule has 2 heteroatoms. The van der Waals surface area contributed by atoms with E-state index in [9.17, 15) is 0 Å². The Morgan fingerprint density at radius 1 is 1.17 bits per heavy atom. The number of pyridine rings is 1. The summed E-state index contributed by atoms with van der Waals surface area (Å²) < 4.78 is 0. The molecule has 94 valence electrons. The third kappa shape index (κ3) is 2.13. The van der Waals surface area contributed by atoms with Crippen molar-refractivity contribution in [3.05, 3.63) is 42.1 Å². The summed E-state index contributed by atoms with van der Waals surface area (Å²) in [5, 5.41) is 1.22. The summed E-state index contributed by atoms with van der Waals surface area (Å²) in [5.74, 6) is 1.29. The highest BCUT2D eigenvalue weighted by Gasteiger charge is 2.25. The molecule has 1 aromatic carbocycles. The number of fused-ring (bicyclic) bond motifs is 1. The van der Waals surface area contributed by atoms with E-state index in [-0.39, 0.29) is 0 Å². The maximum absolute atomic E-state index is 5.93. The lowest BCUT2D eigenvalue weighted by Gasteiger charge is -2.31. The molecular weight excluding hydrogens is 220 g/mol. The van der Waals surface area contributed by atoms with Crippen molar-refractivity contribution < 1.29 is 0 Å². The van der Waals surface area contributed by atoms with Crippen molar-refractivity contribution >= 4 is 10.9 Å². The second kappa shape index (κ2) is 5.07. The fraction of sp³-hybridized carbons (Fsp3) is 0.438. The molecule has 18 heavy (non-hydrogen) atoms. The molecule has 1 aromatic heterocycles. The zero-order valence-corrected chi connectivity index (χ0v) is 10.7. The van der Waals surface area contributed by atoms with Crippen molar-refractivity contribution in [2.45, 2.75) is 31.6 Å². The Morgan fingerprint density at radius 2 is 2.06 bits per heavy atom. The van der Waals surface area contributed by atoms with Gasteiger partial charge in [0.25, 0.3) is 0 Å². The standard InChI is InChI=1S/C16H20N2/c17-11-14-4-1-2-6-15(14)13-8-7-12-5-3-9-18-16(12)10-13/h3,5,7-10,14-15H,1-2,4,6,11,17H2. The minimum atomic E-state index is 0.634. The quantitative estimate of drug-likeness (QED) is 0.873. The highest BCUT2D eigenvalue weighted by atomic mass is 14.6. The Balaban J connectivity index is 1.97. The number of hydrogen-bond acceptors (Lipinski definition) is 2. The first-order valence-corrected chi connectivity index (χ1v) is 6.93. The molecule has 2 nitrogen and oxygen atoms in total. The third-order valence-electron chi connectivity index (χ3n) is 4.27. The number of aromatic nitrogens is 1. The predicted molar refractivity (Wildman–Crippen MR) is 75.5 cm³/mol. The lowest BCUT2D eigenvalue weighted by atomic mass is 9.75. The van der Waals surface area contributed by atoms with Crippen LogP contribution >= 0.6 is 0 Å². The van der Waals surface area contributed by atoms with Crippen LogP contribution in [0.4, 0.5) is 0 Å². The molecule has 2 unspecified atom stereocenters. The minimum absolute atomic E-state index is 0.634. The van der Waals surface area contributed by atoms with E-state index in [1.165, 1.54) is 36.6 Å². The van der Waals surface area contributed by atoms with Gasteiger partial charge in [-0.1, -0.05) is 31.0 Å². The molecule has 0 amide bonds. The van der Waals surface area contributed by atoms with Crippen molar-refractivity contribution in [2.75, 3.05) is 6.54 Å². The van der Waals surface area contributed by atoms with Gasteiger partial charge in [0, 0.05) is 11.6 Å². The fourth-order valence-electron chi connectivity index (χ4n) is 3.24. The van der Waals surface area contributed by atoms with E-state index in [2.05, 4.69) is 29.2 Å². The van der Waals surface area contributed by atoms with Crippen LogP contribution in [-0.2, 0) is 0 Å². The summed E-state index contributed by atoms with van der Waals surface area (Å²) in [5.41, 5.74) is 8.46. The van der Waals surface area contributed by atoms with Gasteiger partial charge in [-0.3, -0.25) is 4.98 Å². The van der Waals surface area contributed by atoms with Gasteiger partial charge in [0.1, 0.15) is 0 Å². The van der Waals surface area contributed by atoms with Crippen LogP contribution in [-0.4, -0.2) is 11.5 Å². The molecule has 1 fully saturated rings. The van der Waals surface area contributed by atoms with Gasteiger partial charge in [0.15, 0.2) is 0 Å². The van der Waals surface area contributed by atoms with Gasteiger partial charge in [-0.05, 0) is 48.9 Å². The van der Waals surface area contributed by atoms with E-state index in [0.717, 1.165) is 12.1 Å². The van der Waals surface area contributed by atoms with E-state index in [1.54, 1.807) is 0 Å². The predicted octanol–water partition coefficient (Wildman–Crippen LogP) is 3.47. The summed E-state index contributed by atoms with van der Waals surface area (Å²) in [6.07, 6.45) is 7.10. The molecule has 0 spiro atoms. The SMILES string of the molecule is NCC1CCCCC1c1ccc2cccnc2c1. The van der Waals surface area contributed by atoms with Crippen LogP contribution in [0.5, 0.6) is 0 Å². The Hall–Kier alpha value is -1.41. The molecule has 1 aliphatic rings. The summed E-state index contributed by atoms with van der Waals surface area (Å²) >= 11 is 0. The molecule has 2 atom stereocenters. The molecule has 1 aliphatic carbocycles. The number of nitrogens with zero attached hydrogens (tertiary/aromatic N) is 1. The Labute approximate surface area is 108 Å². The van der Waals surface area contributed by atoms with Crippen molar-refractivity contribution in [3.8, 4) is 0 Å². The summed E-state index contributed by atoms with van der Waals surface area (Å²) in [4.78, 5) is 4.46. The summed E-state index contributed by atoms with van der Waals surface area (Å²) in [6, 6.07) is 10.8. The van der Waals surface area contributed by atoms with Gasteiger partial charge >= 0.3 is 0 Å². The molecule has 0 aliphatic heterocycles. The zero-order valence-electron chi connectivity index (χ0n) is 10.7. The zero-order chi connectivity index (χ0) is 12.4. The van der Waals surface area contributed by atoms with Crippen LogP contribution in [0.1, 0.15) is 37.2 Å². The van der Waals surface area contributed by atoms with Crippen LogP contribution in [0, 0.1) is 5.92 Å². The third-order valence-corrected chi connectivity index (χ3v) is 4.27. The fourth-order valence-corrected chi connectivity index (χ4v) is 3.24. The molecule has 0 radical (unpaired) electrons. The van der Waals surface area contributed by atoms with Crippen LogP contribution in [0.2, 0.25) is 0 Å². The van der Waals surface area contributed by atoms with Crippen LogP contribution in [0.25, 0.3) is 10.9 Å². The van der Waals surface area contributed by atoms with E-state index >= 15 is 0 Å². The van der Waals surface area contributed by atoms with Crippen LogP contribution < -0.4 is 5.73 Å². The van der Waals surface area contributed by atoms with Crippen LogP contribution in [0.15, 0.2) is 36.5 Å². The Morgan fingerprint density at radius 3 is 2.94 bits per heavy atom. The second-order valence-corrected chi connectivity index (χ2v) is 5.34. The largest absolute Gasteiger partial charge is 0.330 e. The molecular formula is C16H20N2. The first-order chi connectivity index (χ1) is 8.88. The second-order valence-electron chi connectivity index (χ2n) is 5.34. The maximum atomic E-state index is 5.93. The summed E-state index contributed by atoms with van der Waals surface area (Å²) in [7, 11) is 0. The Kier molecular flexibility index (Phi) is 3.28. The van der Waals surface area contributed by atoms with Gasteiger partial charge in [-0.2, -0.15) is 0 Å². The molecule has 1 heterocycles. The smallest absolute Gasteiger partial charge is 0.0704 e. The van der Waals surface area contributed by atoms with Gasteiger partial charge in [-0.15, -0.1) is 0 Å². The molecule has 1 saturated carbocycles. The van der Waals surface area contributed by atoms with E-state index in [1.807, 2.05) is 12.3 Å². The maximum Gasteiger partial charge on any atom is 0.0704 e. The lowest BCUT2D eigenvalue weighted by Crippen LogP contribution is -2.25. The molecule has 0 bridgehead atoms. The number of benzene rings is 1. The number of rotatable bonds is 2. The summed E-state index contributed by atoms with van der Waals surface area (Å²) in [6.45, 7) is 0.810. The highest BCUT2D eigenvalue weighted by molar-refractivity contribution is 5.79. The first-order valence-electron chi connectivity index (χ1n) is 6.93. The van der Waals surface area contributed by atoms with Gasteiger partial charge < -0.3 is 5.73 Å². The number of nitrogens with two attached hydrogens (primary N) is 1. The normalized spacial score (nSPS) is 24.3. The van der Waals surface area contributed by atoms with Crippen molar-refractivity contribution in [1.29, 1.82) is 0 Å². The number of hydrogen-bond donors (Lipinski definition) is 1. The van der Waals surface area contributed by atoms with Crippen LogP contribution in [0.3, 0.4) is 0 Å². The topological polar surface area (TPSA) is 38.9 Å². The van der Waals surface area contributed by atoms with Gasteiger partial charge in [-0.25, -0.2) is 0 Å². The lowest BCUT2D eigenvalue weighted by molar-refractivity contribution is 0.314. The Bertz CT molecular complexity index is 535. The molecule has 0 saturated heterocycles. The van der Waals surface area contributed by atoms with Crippen molar-refractivity contribution in [2.24, 2.45) is 11.7 Å². The molecule has 2 N–H and O–H groups in total. The molecule has 3 rings (SSSR count). The highest BCUT2D eigenvalue weighted by Crippen LogP contribution is 2.37. The van der Waals surface area contributed by atoms with E-state index < -0.39 is 0 Å². The average Bonchev–Trinajstić information content (AvgIpc) is 2.46. The van der Waals surface area contributed by atoms with Crippen molar-refractivity contribution in [3.63, 3.8) is 0 Å². The first kappa shape index (κ1) is 11.7. The van der Waals surface area contributed by atoms with E-state index in [0.29, 0.717) is 11.8 Å². The average molecular weight is 240 g/mol. The van der Waals surface area contributed by atoms with E-state index in [4.69, 9.17) is 5.73 Å². The monoisotopic (exact) mass is 240 g/mol. The molecule has 2 aromatic rings. The van der Waals surface area contributed by atoms with Gasteiger partial charge in [0.05, 0.1) is 5.52 Å². The van der Waals surface area contributed by atoms with Gasteiger partial charge in [0.2, 0.25) is 0 Å².